The van der Waals surface area contributed by atoms with Gasteiger partial charge in [-0.25, -0.2) is 17.6 Å². The molecule has 2 aromatic carbocycles. The number of rotatable bonds is 6. The molecule has 2 aromatic rings. The van der Waals surface area contributed by atoms with Crippen molar-refractivity contribution in [3.05, 3.63) is 64.2 Å². The van der Waals surface area contributed by atoms with Gasteiger partial charge >= 0.3 is 0 Å². The Hall–Kier alpha value is -2.22. The van der Waals surface area contributed by atoms with Crippen molar-refractivity contribution >= 4 is 35.3 Å². The lowest BCUT2D eigenvalue weighted by molar-refractivity contribution is -0.159. The third-order valence-corrected chi connectivity index (χ3v) is 6.22. The Labute approximate surface area is 194 Å². The average molecular weight is 508 g/mol. The van der Waals surface area contributed by atoms with Crippen LogP contribution in [0.4, 0.5) is 17.6 Å². The first-order chi connectivity index (χ1) is 15.7. The molecule has 1 saturated heterocycles. The molecule has 5 N–H and O–H groups in total. The van der Waals surface area contributed by atoms with Crippen molar-refractivity contribution in [3.63, 3.8) is 0 Å². The highest BCUT2D eigenvalue weighted by molar-refractivity contribution is 7.99. The molecule has 0 aromatic heterocycles. The molecule has 178 valence electrons. The molecule has 7 nitrogen and oxygen atoms in total. The van der Waals surface area contributed by atoms with E-state index in [0.717, 1.165) is 24.0 Å². The lowest BCUT2D eigenvalue weighted by atomic mass is 9.98. The van der Waals surface area contributed by atoms with Crippen LogP contribution in [0.2, 0.25) is 5.02 Å². The van der Waals surface area contributed by atoms with E-state index in [9.17, 15) is 32.9 Å². The number of thioether (sulfide) groups is 1. The van der Waals surface area contributed by atoms with Crippen LogP contribution in [0.25, 0.3) is 0 Å². The van der Waals surface area contributed by atoms with Gasteiger partial charge in [-0.3, -0.25) is 4.99 Å². The molecular weight excluding hydrogens is 490 g/mol. The standard InChI is InChI=1S/C20H18ClF4N3O4S/c21-10-5-9(1-2-11(10)22)33-20-19(31)17(18(30)15(7-29)32-20)27-6-14(28-26)8-3-12(23)16(25)13(24)4-8/h1-6,15,17-20,29-31H,7,26H2/t15?,17?,18-,19?,20+/m0/s1. The van der Waals surface area contributed by atoms with Gasteiger partial charge in [-0.2, -0.15) is 5.10 Å². The number of hydrazone groups is 1. The number of nitrogens with zero attached hydrogens (tertiary/aromatic N) is 2. The number of hydrogen-bond acceptors (Lipinski definition) is 8. The molecule has 5 atom stereocenters. The van der Waals surface area contributed by atoms with Crippen LogP contribution in [0.15, 0.2) is 45.3 Å². The first-order valence-electron chi connectivity index (χ1n) is 9.36. The molecule has 0 saturated carbocycles. The van der Waals surface area contributed by atoms with Crippen molar-refractivity contribution in [1.29, 1.82) is 0 Å². The van der Waals surface area contributed by atoms with Crippen LogP contribution >= 0.6 is 23.4 Å². The van der Waals surface area contributed by atoms with Gasteiger partial charge in [-0.05, 0) is 30.3 Å². The molecule has 0 radical (unpaired) electrons. The average Bonchev–Trinajstić information content (AvgIpc) is 2.78. The van der Waals surface area contributed by atoms with Gasteiger partial charge in [0.05, 0.1) is 11.6 Å². The fourth-order valence-electron chi connectivity index (χ4n) is 3.07. The third kappa shape index (κ3) is 5.65. The molecule has 0 bridgehead atoms. The summed E-state index contributed by atoms with van der Waals surface area (Å²) in [5, 5.41) is 34.0. The Morgan fingerprint density at radius 3 is 2.33 bits per heavy atom. The molecule has 1 heterocycles. The van der Waals surface area contributed by atoms with E-state index in [2.05, 4.69) is 10.1 Å². The summed E-state index contributed by atoms with van der Waals surface area (Å²) < 4.78 is 59.3. The number of aliphatic hydroxyl groups is 3. The first kappa shape index (κ1) is 25.4. The van der Waals surface area contributed by atoms with E-state index in [1.165, 1.54) is 12.1 Å². The van der Waals surface area contributed by atoms with Crippen molar-refractivity contribution in [1.82, 2.24) is 0 Å². The first-order valence-corrected chi connectivity index (χ1v) is 10.6. The number of aliphatic imine (C=N–C) groups is 1. The largest absolute Gasteiger partial charge is 0.394 e. The zero-order valence-corrected chi connectivity index (χ0v) is 18.2. The minimum Gasteiger partial charge on any atom is -0.394 e. The highest BCUT2D eigenvalue weighted by Gasteiger charge is 2.44. The van der Waals surface area contributed by atoms with E-state index in [4.69, 9.17) is 22.2 Å². The summed E-state index contributed by atoms with van der Waals surface area (Å²) in [6, 6.07) is 3.86. The molecular formula is C20H18ClF4N3O4S. The number of benzene rings is 2. The van der Waals surface area contributed by atoms with Crippen LogP contribution in [-0.2, 0) is 4.74 Å². The fraction of sp³-hybridized carbons (Fsp3) is 0.300. The molecule has 1 aliphatic rings. The maximum atomic E-state index is 13.5. The highest BCUT2D eigenvalue weighted by Crippen LogP contribution is 2.35. The molecule has 33 heavy (non-hydrogen) atoms. The maximum absolute atomic E-state index is 13.5. The Kier molecular flexibility index (Phi) is 8.32. The van der Waals surface area contributed by atoms with Gasteiger partial charge in [-0.15, -0.1) is 0 Å². The smallest absolute Gasteiger partial charge is 0.194 e. The van der Waals surface area contributed by atoms with Crippen LogP contribution in [0.3, 0.4) is 0 Å². The molecule has 3 rings (SSSR count). The number of aliphatic hydroxyl groups excluding tert-OH is 3. The van der Waals surface area contributed by atoms with E-state index < -0.39 is 59.7 Å². The Bertz CT molecular complexity index is 1050. The number of halogens is 5. The minimum atomic E-state index is -1.67. The third-order valence-electron chi connectivity index (χ3n) is 4.78. The molecule has 1 aliphatic heterocycles. The second kappa shape index (κ2) is 10.8. The second-order valence-electron chi connectivity index (χ2n) is 6.94. The van der Waals surface area contributed by atoms with E-state index in [1.54, 1.807) is 0 Å². The van der Waals surface area contributed by atoms with Crippen LogP contribution in [-0.4, -0.2) is 63.6 Å². The topological polar surface area (TPSA) is 121 Å². The van der Waals surface area contributed by atoms with Gasteiger partial charge in [-0.1, -0.05) is 23.4 Å². The number of nitrogens with two attached hydrogens (primary N) is 1. The minimum absolute atomic E-state index is 0.152. The summed E-state index contributed by atoms with van der Waals surface area (Å²) >= 11 is 6.72. The van der Waals surface area contributed by atoms with Crippen molar-refractivity contribution in [2.24, 2.45) is 15.9 Å². The molecule has 3 unspecified atom stereocenters. The SMILES string of the molecule is NN=C(C=NC1C(O)[C@@H](Sc2ccc(F)c(Cl)c2)OC(CO)[C@@H]1O)c1cc(F)c(F)c(F)c1. The summed E-state index contributed by atoms with van der Waals surface area (Å²) in [7, 11) is 0. The van der Waals surface area contributed by atoms with E-state index in [1.807, 2.05) is 0 Å². The number of hydrogen-bond donors (Lipinski definition) is 4. The van der Waals surface area contributed by atoms with Crippen molar-refractivity contribution < 1.29 is 37.6 Å². The molecule has 13 heteroatoms. The van der Waals surface area contributed by atoms with Gasteiger partial charge in [0, 0.05) is 16.7 Å². The second-order valence-corrected chi connectivity index (χ2v) is 8.52. The summed E-state index contributed by atoms with van der Waals surface area (Å²) in [4.78, 5) is 4.46. The Morgan fingerprint density at radius 1 is 1.09 bits per heavy atom. The summed E-state index contributed by atoms with van der Waals surface area (Å²) in [5.74, 6) is 0.00308. The van der Waals surface area contributed by atoms with Crippen LogP contribution in [0.1, 0.15) is 5.56 Å². The fourth-order valence-corrected chi connectivity index (χ4v) is 4.41. The van der Waals surface area contributed by atoms with Crippen LogP contribution in [0, 0.1) is 23.3 Å². The zero-order chi connectivity index (χ0) is 24.3. The van der Waals surface area contributed by atoms with Gasteiger partial charge in [0.2, 0.25) is 0 Å². The van der Waals surface area contributed by atoms with Crippen molar-refractivity contribution in [2.75, 3.05) is 6.61 Å². The van der Waals surface area contributed by atoms with Crippen LogP contribution in [0.5, 0.6) is 0 Å². The van der Waals surface area contributed by atoms with E-state index in [0.29, 0.717) is 17.0 Å². The summed E-state index contributed by atoms with van der Waals surface area (Å²) in [6.07, 6.45) is -3.13. The van der Waals surface area contributed by atoms with E-state index >= 15 is 0 Å². The quantitative estimate of drug-likeness (QED) is 0.156. The monoisotopic (exact) mass is 507 g/mol. The molecule has 1 fully saturated rings. The Balaban J connectivity index is 1.86. The molecule has 0 amide bonds. The zero-order valence-electron chi connectivity index (χ0n) is 16.6. The molecule has 0 aliphatic carbocycles. The van der Waals surface area contributed by atoms with Crippen LogP contribution < -0.4 is 5.84 Å². The normalized spacial score (nSPS) is 26.2. The molecule has 0 spiro atoms. The van der Waals surface area contributed by atoms with Gasteiger partial charge in [0.15, 0.2) is 17.5 Å². The van der Waals surface area contributed by atoms with Gasteiger partial charge < -0.3 is 25.9 Å². The maximum Gasteiger partial charge on any atom is 0.194 e. The lowest BCUT2D eigenvalue weighted by Gasteiger charge is -2.40. The van der Waals surface area contributed by atoms with Gasteiger partial charge in [0.25, 0.3) is 0 Å². The summed E-state index contributed by atoms with van der Waals surface area (Å²) in [5.41, 5.74) is -1.57. The van der Waals surface area contributed by atoms with Crippen molar-refractivity contribution in [2.45, 2.75) is 34.7 Å². The Morgan fingerprint density at radius 2 is 1.76 bits per heavy atom. The summed E-state index contributed by atoms with van der Waals surface area (Å²) in [6.45, 7) is -0.618. The van der Waals surface area contributed by atoms with Crippen molar-refractivity contribution in [3.8, 4) is 0 Å². The predicted octanol–water partition coefficient (Wildman–Crippen LogP) is 2.23. The highest BCUT2D eigenvalue weighted by atomic mass is 35.5. The van der Waals surface area contributed by atoms with Gasteiger partial charge in [0.1, 0.15) is 41.3 Å². The lowest BCUT2D eigenvalue weighted by Crippen LogP contribution is -2.56. The predicted molar refractivity (Wildman–Crippen MR) is 114 cm³/mol. The number of ether oxygens (including phenoxy) is 1. The van der Waals surface area contributed by atoms with E-state index in [-0.39, 0.29) is 16.3 Å².